The number of aromatic amines is 1. The molecule has 2 saturated heterocycles. The van der Waals surface area contributed by atoms with Crippen molar-refractivity contribution in [3.8, 4) is 11.3 Å². The predicted octanol–water partition coefficient (Wildman–Crippen LogP) is 2.09. The third kappa shape index (κ3) is 4.43. The van der Waals surface area contributed by atoms with E-state index in [-0.39, 0.29) is 0 Å². The summed E-state index contributed by atoms with van der Waals surface area (Å²) in [5.74, 6) is 0.704. The van der Waals surface area contributed by atoms with Gasteiger partial charge < -0.3 is 9.64 Å². The molecule has 188 valence electrons. The molecule has 0 radical (unpaired) electrons. The van der Waals surface area contributed by atoms with E-state index in [4.69, 9.17) is 14.7 Å². The summed E-state index contributed by atoms with van der Waals surface area (Å²) in [5.41, 5.74) is 4.90. The number of nitrogens with one attached hydrogen (secondary N) is 1. The monoisotopic (exact) mass is 507 g/mol. The topological polar surface area (TPSA) is 108 Å². The lowest BCUT2D eigenvalue weighted by Crippen LogP contribution is -2.47. The number of anilines is 1. The van der Waals surface area contributed by atoms with Crippen LogP contribution in [0.3, 0.4) is 0 Å². The van der Waals surface area contributed by atoms with Gasteiger partial charge in [0, 0.05) is 62.1 Å². The Bertz CT molecular complexity index is 1510. The lowest BCUT2D eigenvalue weighted by Gasteiger charge is -2.33. The van der Waals surface area contributed by atoms with Crippen molar-refractivity contribution in [2.45, 2.75) is 6.54 Å². The molecule has 2 fully saturated rings. The molecular formula is C25H29N7O3S. The number of hydrogen-bond donors (Lipinski definition) is 1. The number of ether oxygens (including phenoxy) is 1. The Morgan fingerprint density at radius 3 is 2.50 bits per heavy atom. The zero-order valence-corrected chi connectivity index (χ0v) is 21.0. The number of para-hydroxylation sites is 1. The van der Waals surface area contributed by atoms with Crippen LogP contribution in [0.4, 0.5) is 5.95 Å². The van der Waals surface area contributed by atoms with Crippen molar-refractivity contribution < 1.29 is 13.2 Å². The first kappa shape index (κ1) is 23.3. The van der Waals surface area contributed by atoms with Crippen LogP contribution in [0.5, 0.6) is 0 Å². The van der Waals surface area contributed by atoms with Crippen LogP contribution in [0.15, 0.2) is 42.6 Å². The Balaban J connectivity index is 1.43. The van der Waals surface area contributed by atoms with Crippen LogP contribution in [0, 0.1) is 0 Å². The van der Waals surface area contributed by atoms with Gasteiger partial charge in [-0.1, -0.05) is 30.3 Å². The first-order chi connectivity index (χ1) is 17.5. The van der Waals surface area contributed by atoms with E-state index in [1.807, 2.05) is 18.3 Å². The highest BCUT2D eigenvalue weighted by Gasteiger charge is 2.25. The average Bonchev–Trinajstić information content (AvgIpc) is 3.38. The van der Waals surface area contributed by atoms with Crippen LogP contribution in [-0.4, -0.2) is 96.5 Å². The molecule has 0 bridgehead atoms. The number of H-pyrrole nitrogens is 1. The number of morpholine rings is 1. The van der Waals surface area contributed by atoms with Crippen LogP contribution >= 0.6 is 0 Å². The van der Waals surface area contributed by atoms with Gasteiger partial charge in [-0.3, -0.25) is 10.00 Å². The number of fused-ring (bicyclic) bond motifs is 2. The minimum absolute atomic E-state index is 0.505. The number of aromatic nitrogens is 4. The normalized spacial score (nSPS) is 18.3. The molecule has 6 rings (SSSR count). The van der Waals surface area contributed by atoms with Crippen molar-refractivity contribution in [2.24, 2.45) is 0 Å². The van der Waals surface area contributed by atoms with E-state index in [9.17, 15) is 8.42 Å². The van der Waals surface area contributed by atoms with Crippen molar-refractivity contribution >= 4 is 37.8 Å². The smallest absolute Gasteiger partial charge is 0.226 e. The fraction of sp³-hybridized carbons (Fsp3) is 0.400. The third-order valence-corrected chi connectivity index (χ3v) is 8.33. The SMILES string of the molecule is CS(=O)(=O)N1CCN(Cc2cccc3c(-c4cccc5[nH]ncc45)nc(N4CCOCC4)nc23)CC1. The van der Waals surface area contributed by atoms with E-state index < -0.39 is 10.0 Å². The molecule has 0 atom stereocenters. The summed E-state index contributed by atoms with van der Waals surface area (Å²) in [4.78, 5) is 14.6. The maximum absolute atomic E-state index is 11.9. The number of sulfonamides is 1. The summed E-state index contributed by atoms with van der Waals surface area (Å²) in [7, 11) is -3.16. The number of benzene rings is 2. The number of rotatable bonds is 5. The quantitative estimate of drug-likeness (QED) is 0.438. The highest BCUT2D eigenvalue weighted by Crippen LogP contribution is 2.34. The Labute approximate surface area is 209 Å². The predicted molar refractivity (Wildman–Crippen MR) is 139 cm³/mol. The Kier molecular flexibility index (Phi) is 6.08. The van der Waals surface area contributed by atoms with Crippen molar-refractivity contribution in [3.05, 3.63) is 48.2 Å². The van der Waals surface area contributed by atoms with Gasteiger partial charge in [-0.15, -0.1) is 0 Å². The molecule has 36 heavy (non-hydrogen) atoms. The molecule has 11 heteroatoms. The van der Waals surface area contributed by atoms with Gasteiger partial charge in [0.25, 0.3) is 0 Å². The van der Waals surface area contributed by atoms with E-state index in [1.54, 1.807) is 4.31 Å². The molecule has 4 heterocycles. The van der Waals surface area contributed by atoms with Crippen LogP contribution in [0.2, 0.25) is 0 Å². The van der Waals surface area contributed by atoms with Gasteiger partial charge in [0.2, 0.25) is 16.0 Å². The lowest BCUT2D eigenvalue weighted by molar-refractivity contribution is 0.122. The molecule has 2 aromatic heterocycles. The average molecular weight is 508 g/mol. The largest absolute Gasteiger partial charge is 0.378 e. The van der Waals surface area contributed by atoms with Gasteiger partial charge in [0.05, 0.1) is 42.4 Å². The van der Waals surface area contributed by atoms with E-state index in [1.165, 1.54) is 6.26 Å². The molecule has 0 saturated carbocycles. The molecule has 4 aromatic rings. The Morgan fingerprint density at radius 1 is 0.944 bits per heavy atom. The Hall–Kier alpha value is -3.12. The summed E-state index contributed by atoms with van der Waals surface area (Å²) in [6.45, 7) is 5.88. The molecule has 10 nitrogen and oxygen atoms in total. The number of hydrogen-bond acceptors (Lipinski definition) is 8. The highest BCUT2D eigenvalue weighted by molar-refractivity contribution is 7.88. The van der Waals surface area contributed by atoms with Crippen LogP contribution in [-0.2, 0) is 21.3 Å². The van der Waals surface area contributed by atoms with Gasteiger partial charge in [-0.25, -0.2) is 18.4 Å². The van der Waals surface area contributed by atoms with Gasteiger partial charge in [-0.05, 0) is 11.6 Å². The minimum atomic E-state index is -3.16. The molecule has 0 amide bonds. The van der Waals surface area contributed by atoms with Crippen LogP contribution < -0.4 is 4.90 Å². The molecule has 2 aromatic carbocycles. The third-order valence-electron chi connectivity index (χ3n) is 7.03. The van der Waals surface area contributed by atoms with E-state index in [0.717, 1.165) is 51.7 Å². The van der Waals surface area contributed by atoms with Crippen molar-refractivity contribution in [2.75, 3.05) is 63.6 Å². The highest BCUT2D eigenvalue weighted by atomic mass is 32.2. The first-order valence-corrected chi connectivity index (χ1v) is 14.0. The second kappa shape index (κ2) is 9.40. The maximum atomic E-state index is 11.9. The fourth-order valence-corrected chi connectivity index (χ4v) is 5.90. The zero-order chi connectivity index (χ0) is 24.7. The van der Waals surface area contributed by atoms with Gasteiger partial charge in [0.15, 0.2) is 0 Å². The van der Waals surface area contributed by atoms with Gasteiger partial charge in [0.1, 0.15) is 0 Å². The van der Waals surface area contributed by atoms with E-state index >= 15 is 0 Å². The molecule has 0 aliphatic carbocycles. The number of piperazine rings is 1. The standard InChI is InChI=1S/C25H29N7O3S/c1-36(33,34)32-10-8-30(9-11-32)17-18-4-2-6-20-23(18)27-25(31-12-14-35-15-13-31)28-24(20)19-5-3-7-22-21(19)16-26-29-22/h2-7,16H,8-15,17H2,1H3,(H,26,29). The molecular weight excluding hydrogens is 478 g/mol. The van der Waals surface area contributed by atoms with Crippen LogP contribution in [0.1, 0.15) is 5.56 Å². The van der Waals surface area contributed by atoms with Crippen molar-refractivity contribution in [1.82, 2.24) is 29.4 Å². The van der Waals surface area contributed by atoms with E-state index in [0.29, 0.717) is 51.9 Å². The molecule has 0 spiro atoms. The molecule has 2 aliphatic rings. The summed E-state index contributed by atoms with van der Waals surface area (Å²) < 4.78 is 31.0. The van der Waals surface area contributed by atoms with Gasteiger partial charge in [-0.2, -0.15) is 9.40 Å². The van der Waals surface area contributed by atoms with E-state index in [2.05, 4.69) is 44.3 Å². The van der Waals surface area contributed by atoms with Crippen LogP contribution in [0.25, 0.3) is 33.1 Å². The summed E-state index contributed by atoms with van der Waals surface area (Å²) >= 11 is 0. The lowest BCUT2D eigenvalue weighted by atomic mass is 10.0. The minimum Gasteiger partial charge on any atom is -0.378 e. The number of nitrogens with zero attached hydrogens (tertiary/aromatic N) is 6. The zero-order valence-electron chi connectivity index (χ0n) is 20.2. The second-order valence-electron chi connectivity index (χ2n) is 9.36. The van der Waals surface area contributed by atoms with Crippen molar-refractivity contribution in [3.63, 3.8) is 0 Å². The molecule has 0 unspecified atom stereocenters. The maximum Gasteiger partial charge on any atom is 0.226 e. The van der Waals surface area contributed by atoms with Gasteiger partial charge >= 0.3 is 0 Å². The summed E-state index contributed by atoms with van der Waals surface area (Å²) in [6.07, 6.45) is 3.12. The van der Waals surface area contributed by atoms with Crippen molar-refractivity contribution in [1.29, 1.82) is 0 Å². The second-order valence-corrected chi connectivity index (χ2v) is 11.3. The fourth-order valence-electron chi connectivity index (χ4n) is 5.07. The first-order valence-electron chi connectivity index (χ1n) is 12.2. The Morgan fingerprint density at radius 2 is 1.72 bits per heavy atom. The summed E-state index contributed by atoms with van der Waals surface area (Å²) in [6, 6.07) is 12.4. The molecule has 2 aliphatic heterocycles. The summed E-state index contributed by atoms with van der Waals surface area (Å²) in [5, 5.41) is 9.33. The molecule has 1 N–H and O–H groups in total.